The summed E-state index contributed by atoms with van der Waals surface area (Å²) in [5.41, 5.74) is 2.22. The van der Waals surface area contributed by atoms with Gasteiger partial charge in [-0.15, -0.1) is 0 Å². The van der Waals surface area contributed by atoms with Crippen molar-refractivity contribution in [1.82, 2.24) is 0 Å². The monoisotopic (exact) mass is 175 g/mol. The molecule has 1 amide bonds. The molecule has 68 valence electrons. The van der Waals surface area contributed by atoms with Gasteiger partial charge in [0.25, 0.3) is 0 Å². The van der Waals surface area contributed by atoms with Crippen LogP contribution in [0.2, 0.25) is 0 Å². The summed E-state index contributed by atoms with van der Waals surface area (Å²) in [6, 6.07) is 7.99. The fourth-order valence-electron chi connectivity index (χ4n) is 1.75. The Morgan fingerprint density at radius 1 is 1.15 bits per heavy atom. The van der Waals surface area contributed by atoms with Crippen molar-refractivity contribution in [3.05, 3.63) is 29.8 Å². The molecule has 0 aliphatic carbocycles. The van der Waals surface area contributed by atoms with E-state index in [1.165, 1.54) is 5.56 Å². The van der Waals surface area contributed by atoms with Gasteiger partial charge in [-0.05, 0) is 17.5 Å². The maximum atomic E-state index is 11.5. The van der Waals surface area contributed by atoms with E-state index < -0.39 is 0 Å². The summed E-state index contributed by atoms with van der Waals surface area (Å²) < 4.78 is 0. The molecule has 0 radical (unpaired) electrons. The van der Waals surface area contributed by atoms with Gasteiger partial charge in [0.05, 0.1) is 0 Å². The lowest BCUT2D eigenvalue weighted by molar-refractivity contribution is -0.120. The summed E-state index contributed by atoms with van der Waals surface area (Å²) in [6.45, 7) is 4.07. The molecule has 1 aliphatic heterocycles. The lowest BCUT2D eigenvalue weighted by atomic mass is 9.84. The molecule has 1 aromatic rings. The van der Waals surface area contributed by atoms with Crippen LogP contribution in [0, 0.1) is 5.92 Å². The third-order valence-electron chi connectivity index (χ3n) is 2.87. The number of amides is 1. The molecular weight excluding hydrogens is 162 g/mol. The second-order valence-electron chi connectivity index (χ2n) is 3.65. The predicted molar refractivity (Wildman–Crippen MR) is 52.7 cm³/mol. The van der Waals surface area contributed by atoms with Crippen molar-refractivity contribution in [3.8, 4) is 0 Å². The van der Waals surface area contributed by atoms with Crippen LogP contribution in [-0.4, -0.2) is 5.91 Å². The standard InChI is InChI=1S/C11H13NO/c1-7-8(2)11(13)12-10-6-4-3-5-9(7)10/h3-8H,1-2H3,(H,12,13). The Kier molecular flexibility index (Phi) is 1.83. The van der Waals surface area contributed by atoms with Gasteiger partial charge in [-0.25, -0.2) is 0 Å². The number of hydrogen-bond donors (Lipinski definition) is 1. The number of para-hydroxylation sites is 1. The summed E-state index contributed by atoms with van der Waals surface area (Å²) in [5.74, 6) is 0.533. The minimum atomic E-state index is 0.0786. The van der Waals surface area contributed by atoms with Crippen molar-refractivity contribution in [2.24, 2.45) is 5.92 Å². The van der Waals surface area contributed by atoms with Gasteiger partial charge in [-0.2, -0.15) is 0 Å². The molecule has 1 aromatic carbocycles. The summed E-state index contributed by atoms with van der Waals surface area (Å²) in [4.78, 5) is 11.5. The number of rotatable bonds is 0. The van der Waals surface area contributed by atoms with E-state index in [-0.39, 0.29) is 11.8 Å². The van der Waals surface area contributed by atoms with E-state index >= 15 is 0 Å². The lowest BCUT2D eigenvalue weighted by Crippen LogP contribution is -2.30. The number of hydrogen-bond acceptors (Lipinski definition) is 1. The number of nitrogens with one attached hydrogen (secondary N) is 1. The first-order chi connectivity index (χ1) is 6.20. The van der Waals surface area contributed by atoms with Crippen molar-refractivity contribution in [2.45, 2.75) is 19.8 Å². The second-order valence-corrected chi connectivity index (χ2v) is 3.65. The lowest BCUT2D eigenvalue weighted by Gasteiger charge is -2.28. The summed E-state index contributed by atoms with van der Waals surface area (Å²) in [7, 11) is 0. The van der Waals surface area contributed by atoms with Gasteiger partial charge >= 0.3 is 0 Å². The number of anilines is 1. The minimum Gasteiger partial charge on any atom is -0.326 e. The van der Waals surface area contributed by atoms with Gasteiger partial charge in [0.15, 0.2) is 0 Å². The van der Waals surface area contributed by atoms with Crippen LogP contribution in [0.25, 0.3) is 0 Å². The predicted octanol–water partition coefficient (Wildman–Crippen LogP) is 2.38. The van der Waals surface area contributed by atoms with Crippen LogP contribution < -0.4 is 5.32 Å². The van der Waals surface area contributed by atoms with E-state index in [1.54, 1.807) is 0 Å². The van der Waals surface area contributed by atoms with E-state index in [0.29, 0.717) is 5.92 Å². The molecule has 1 heterocycles. The van der Waals surface area contributed by atoms with Gasteiger partial charge in [-0.3, -0.25) is 4.79 Å². The SMILES string of the molecule is CC1C(=O)Nc2ccccc2C1C. The number of benzene rings is 1. The average molecular weight is 175 g/mol. The maximum absolute atomic E-state index is 11.5. The molecule has 2 rings (SSSR count). The number of fused-ring (bicyclic) bond motifs is 1. The first kappa shape index (κ1) is 8.30. The van der Waals surface area contributed by atoms with Crippen LogP contribution in [0.1, 0.15) is 25.3 Å². The van der Waals surface area contributed by atoms with Gasteiger partial charge in [0.2, 0.25) is 5.91 Å². The molecule has 1 N–H and O–H groups in total. The topological polar surface area (TPSA) is 29.1 Å². The molecule has 0 saturated carbocycles. The van der Waals surface area contributed by atoms with E-state index in [9.17, 15) is 4.79 Å². The van der Waals surface area contributed by atoms with Crippen LogP contribution in [0.15, 0.2) is 24.3 Å². The molecule has 2 atom stereocenters. The Labute approximate surface area is 78.0 Å². The van der Waals surface area contributed by atoms with E-state index in [0.717, 1.165) is 5.69 Å². The summed E-state index contributed by atoms with van der Waals surface area (Å²) >= 11 is 0. The van der Waals surface area contributed by atoms with Crippen molar-refractivity contribution in [2.75, 3.05) is 5.32 Å². The molecule has 0 saturated heterocycles. The zero-order chi connectivity index (χ0) is 9.42. The maximum Gasteiger partial charge on any atom is 0.227 e. The molecule has 2 nitrogen and oxygen atoms in total. The third kappa shape index (κ3) is 1.22. The van der Waals surface area contributed by atoms with Gasteiger partial charge in [0.1, 0.15) is 0 Å². The van der Waals surface area contributed by atoms with Crippen molar-refractivity contribution in [1.29, 1.82) is 0 Å². The fourth-order valence-corrected chi connectivity index (χ4v) is 1.75. The molecule has 1 aliphatic rings. The minimum absolute atomic E-state index is 0.0786. The molecule has 13 heavy (non-hydrogen) atoms. The first-order valence-corrected chi connectivity index (χ1v) is 4.60. The zero-order valence-corrected chi connectivity index (χ0v) is 7.87. The van der Waals surface area contributed by atoms with Crippen LogP contribution in [0.4, 0.5) is 5.69 Å². The van der Waals surface area contributed by atoms with Crippen molar-refractivity contribution >= 4 is 11.6 Å². The molecule has 2 unspecified atom stereocenters. The normalized spacial score (nSPS) is 26.5. The van der Waals surface area contributed by atoms with Crippen LogP contribution in [0.5, 0.6) is 0 Å². The van der Waals surface area contributed by atoms with E-state index in [1.807, 2.05) is 25.1 Å². The van der Waals surface area contributed by atoms with Crippen molar-refractivity contribution in [3.63, 3.8) is 0 Å². The third-order valence-corrected chi connectivity index (χ3v) is 2.87. The van der Waals surface area contributed by atoms with Gasteiger partial charge in [-0.1, -0.05) is 32.0 Å². The van der Waals surface area contributed by atoms with Crippen LogP contribution in [-0.2, 0) is 4.79 Å². The highest BCUT2D eigenvalue weighted by Gasteiger charge is 2.28. The zero-order valence-electron chi connectivity index (χ0n) is 7.87. The summed E-state index contributed by atoms with van der Waals surface area (Å²) in [5, 5.41) is 2.90. The van der Waals surface area contributed by atoms with Crippen LogP contribution >= 0.6 is 0 Å². The van der Waals surface area contributed by atoms with Crippen molar-refractivity contribution < 1.29 is 4.79 Å². The Morgan fingerprint density at radius 3 is 2.62 bits per heavy atom. The molecular formula is C11H13NO. The van der Waals surface area contributed by atoms with Gasteiger partial charge in [0, 0.05) is 11.6 Å². The fraction of sp³-hybridized carbons (Fsp3) is 0.364. The Hall–Kier alpha value is -1.31. The highest BCUT2D eigenvalue weighted by atomic mass is 16.1. The first-order valence-electron chi connectivity index (χ1n) is 4.60. The number of carbonyl (C=O) groups excluding carboxylic acids is 1. The number of carbonyl (C=O) groups is 1. The molecule has 2 heteroatoms. The van der Waals surface area contributed by atoms with E-state index in [4.69, 9.17) is 0 Å². The summed E-state index contributed by atoms with van der Waals surface area (Å²) in [6.07, 6.45) is 0. The second kappa shape index (κ2) is 2.87. The quantitative estimate of drug-likeness (QED) is 0.644. The Morgan fingerprint density at radius 2 is 1.85 bits per heavy atom. The molecule has 0 aromatic heterocycles. The average Bonchev–Trinajstić information content (AvgIpc) is 2.15. The van der Waals surface area contributed by atoms with E-state index in [2.05, 4.69) is 18.3 Å². The molecule has 0 fully saturated rings. The highest BCUT2D eigenvalue weighted by Crippen LogP contribution is 2.34. The Bertz CT molecular complexity index is 346. The smallest absolute Gasteiger partial charge is 0.227 e. The van der Waals surface area contributed by atoms with Gasteiger partial charge < -0.3 is 5.32 Å². The van der Waals surface area contributed by atoms with Crippen LogP contribution in [0.3, 0.4) is 0 Å². The largest absolute Gasteiger partial charge is 0.326 e. The molecule has 0 spiro atoms. The molecule has 0 bridgehead atoms. The highest BCUT2D eigenvalue weighted by molar-refractivity contribution is 5.96. The Balaban J connectivity index is 2.49.